The highest BCUT2D eigenvalue weighted by Crippen LogP contribution is 2.34. The van der Waals surface area contributed by atoms with E-state index >= 15 is 0 Å². The lowest BCUT2D eigenvalue weighted by Crippen LogP contribution is -2.38. The smallest absolute Gasteiger partial charge is 0.0580 e. The van der Waals surface area contributed by atoms with Gasteiger partial charge >= 0.3 is 0 Å². The average molecular weight is 255 g/mol. The van der Waals surface area contributed by atoms with Crippen LogP contribution in [0.5, 0.6) is 0 Å². The van der Waals surface area contributed by atoms with Crippen LogP contribution in [-0.4, -0.2) is 25.3 Å². The van der Waals surface area contributed by atoms with E-state index in [1.54, 1.807) is 0 Å². The van der Waals surface area contributed by atoms with Crippen molar-refractivity contribution in [3.8, 4) is 0 Å². The molecular formula is C16H33NO. The van der Waals surface area contributed by atoms with Crippen LogP contribution in [0.15, 0.2) is 0 Å². The molecule has 18 heavy (non-hydrogen) atoms. The fourth-order valence-electron chi connectivity index (χ4n) is 2.83. The quantitative estimate of drug-likeness (QED) is 0.637. The molecule has 0 amide bonds. The van der Waals surface area contributed by atoms with Crippen molar-refractivity contribution >= 4 is 0 Å². The van der Waals surface area contributed by atoms with E-state index in [1.807, 2.05) is 0 Å². The number of ether oxygens (including phenoxy) is 1. The van der Waals surface area contributed by atoms with Crippen molar-refractivity contribution < 1.29 is 4.74 Å². The molecule has 1 fully saturated rings. The molecule has 0 spiro atoms. The second kappa shape index (κ2) is 8.92. The summed E-state index contributed by atoms with van der Waals surface area (Å²) in [4.78, 5) is 0. The minimum absolute atomic E-state index is 0.567. The highest BCUT2D eigenvalue weighted by Gasteiger charge is 2.31. The van der Waals surface area contributed by atoms with Crippen LogP contribution in [0, 0.1) is 11.8 Å². The molecule has 1 atom stereocenters. The number of hydrogen-bond acceptors (Lipinski definition) is 2. The third-order valence-corrected chi connectivity index (χ3v) is 3.99. The fourth-order valence-corrected chi connectivity index (χ4v) is 2.83. The molecule has 1 aliphatic rings. The summed E-state index contributed by atoms with van der Waals surface area (Å²) in [5.41, 5.74) is 0. The minimum Gasteiger partial charge on any atom is -0.378 e. The van der Waals surface area contributed by atoms with Gasteiger partial charge in [-0.15, -0.1) is 0 Å². The van der Waals surface area contributed by atoms with Crippen LogP contribution in [0.2, 0.25) is 0 Å². The zero-order valence-electron chi connectivity index (χ0n) is 12.9. The largest absolute Gasteiger partial charge is 0.378 e. The zero-order valence-corrected chi connectivity index (χ0v) is 12.9. The molecule has 0 bridgehead atoms. The number of rotatable bonds is 10. The first kappa shape index (κ1) is 16.0. The second-order valence-corrected chi connectivity index (χ2v) is 6.27. The van der Waals surface area contributed by atoms with Gasteiger partial charge in [0, 0.05) is 12.6 Å². The third-order valence-electron chi connectivity index (χ3n) is 3.99. The Balaban J connectivity index is 2.19. The van der Waals surface area contributed by atoms with Crippen LogP contribution in [0.3, 0.4) is 0 Å². The van der Waals surface area contributed by atoms with E-state index in [1.165, 1.54) is 45.1 Å². The highest BCUT2D eigenvalue weighted by atomic mass is 16.5. The average Bonchev–Trinajstić information content (AvgIpc) is 2.29. The van der Waals surface area contributed by atoms with E-state index in [0.717, 1.165) is 24.5 Å². The highest BCUT2D eigenvalue weighted by molar-refractivity contribution is 4.84. The monoisotopic (exact) mass is 255 g/mol. The summed E-state index contributed by atoms with van der Waals surface area (Å²) in [6.07, 6.45) is 8.44. The standard InChI is InChI=1S/C16H33NO/c1-5-9-17-15(8-7-13(3)4)10-14-11-16(12-14)18-6-2/h13-17H,5-12H2,1-4H3. The van der Waals surface area contributed by atoms with Crippen molar-refractivity contribution in [1.82, 2.24) is 5.32 Å². The van der Waals surface area contributed by atoms with Gasteiger partial charge in [0.05, 0.1) is 6.10 Å². The van der Waals surface area contributed by atoms with E-state index in [2.05, 4.69) is 33.0 Å². The summed E-state index contributed by atoms with van der Waals surface area (Å²) in [6, 6.07) is 0.736. The molecule has 1 N–H and O–H groups in total. The van der Waals surface area contributed by atoms with E-state index < -0.39 is 0 Å². The van der Waals surface area contributed by atoms with Gasteiger partial charge in [0.25, 0.3) is 0 Å². The maximum absolute atomic E-state index is 5.65. The lowest BCUT2D eigenvalue weighted by atomic mass is 9.77. The van der Waals surface area contributed by atoms with Gasteiger partial charge in [-0.25, -0.2) is 0 Å². The zero-order chi connectivity index (χ0) is 13.4. The fraction of sp³-hybridized carbons (Fsp3) is 1.00. The molecule has 2 nitrogen and oxygen atoms in total. The minimum atomic E-state index is 0.567. The van der Waals surface area contributed by atoms with Gasteiger partial charge < -0.3 is 10.1 Å². The van der Waals surface area contributed by atoms with Gasteiger partial charge in [0.15, 0.2) is 0 Å². The second-order valence-electron chi connectivity index (χ2n) is 6.27. The SMILES string of the molecule is CCCNC(CCC(C)C)CC1CC(OCC)C1. The molecule has 0 saturated heterocycles. The number of nitrogens with one attached hydrogen (secondary N) is 1. The van der Waals surface area contributed by atoms with Gasteiger partial charge in [0.2, 0.25) is 0 Å². The van der Waals surface area contributed by atoms with Gasteiger partial charge in [-0.05, 0) is 63.8 Å². The summed E-state index contributed by atoms with van der Waals surface area (Å²) in [7, 11) is 0. The van der Waals surface area contributed by atoms with Crippen molar-refractivity contribution in [1.29, 1.82) is 0 Å². The predicted molar refractivity (Wildman–Crippen MR) is 78.9 cm³/mol. The van der Waals surface area contributed by atoms with Crippen LogP contribution >= 0.6 is 0 Å². The van der Waals surface area contributed by atoms with Crippen molar-refractivity contribution in [2.24, 2.45) is 11.8 Å². The Bertz CT molecular complexity index is 199. The lowest BCUT2D eigenvalue weighted by Gasteiger charge is -2.37. The van der Waals surface area contributed by atoms with Crippen molar-refractivity contribution in [2.45, 2.75) is 78.4 Å². The predicted octanol–water partition coefficient (Wildman–Crippen LogP) is 4.00. The molecule has 1 saturated carbocycles. The van der Waals surface area contributed by atoms with Crippen molar-refractivity contribution in [3.05, 3.63) is 0 Å². The maximum atomic E-state index is 5.65. The van der Waals surface area contributed by atoms with Gasteiger partial charge in [0.1, 0.15) is 0 Å². The van der Waals surface area contributed by atoms with Crippen molar-refractivity contribution in [3.63, 3.8) is 0 Å². The van der Waals surface area contributed by atoms with E-state index in [-0.39, 0.29) is 0 Å². The Morgan fingerprint density at radius 3 is 2.44 bits per heavy atom. The first-order valence-corrected chi connectivity index (χ1v) is 8.00. The van der Waals surface area contributed by atoms with Crippen LogP contribution in [0.4, 0.5) is 0 Å². The summed E-state index contributed by atoms with van der Waals surface area (Å²) in [5, 5.41) is 3.73. The molecule has 0 heterocycles. The summed E-state index contributed by atoms with van der Waals surface area (Å²) in [5.74, 6) is 1.73. The summed E-state index contributed by atoms with van der Waals surface area (Å²) in [6.45, 7) is 11.0. The van der Waals surface area contributed by atoms with Gasteiger partial charge in [-0.2, -0.15) is 0 Å². The Kier molecular flexibility index (Phi) is 7.92. The molecule has 1 rings (SSSR count). The number of hydrogen-bond donors (Lipinski definition) is 1. The van der Waals surface area contributed by atoms with E-state index in [0.29, 0.717) is 6.10 Å². The Morgan fingerprint density at radius 2 is 1.89 bits per heavy atom. The Labute approximate surface area is 114 Å². The van der Waals surface area contributed by atoms with E-state index in [9.17, 15) is 0 Å². The summed E-state index contributed by atoms with van der Waals surface area (Å²) < 4.78 is 5.65. The molecule has 0 aliphatic heterocycles. The Morgan fingerprint density at radius 1 is 1.17 bits per heavy atom. The van der Waals surface area contributed by atoms with Gasteiger partial charge in [-0.1, -0.05) is 20.8 Å². The first-order valence-electron chi connectivity index (χ1n) is 8.00. The molecule has 0 aromatic heterocycles. The topological polar surface area (TPSA) is 21.3 Å². The molecule has 0 aromatic rings. The van der Waals surface area contributed by atoms with Crippen LogP contribution in [0.25, 0.3) is 0 Å². The van der Waals surface area contributed by atoms with E-state index in [4.69, 9.17) is 4.74 Å². The molecule has 1 aliphatic carbocycles. The molecule has 1 unspecified atom stereocenters. The third kappa shape index (κ3) is 6.19. The molecule has 0 radical (unpaired) electrons. The van der Waals surface area contributed by atoms with Crippen LogP contribution in [-0.2, 0) is 4.74 Å². The first-order chi connectivity index (χ1) is 8.65. The lowest BCUT2D eigenvalue weighted by molar-refractivity contribution is -0.0293. The van der Waals surface area contributed by atoms with Crippen LogP contribution in [0.1, 0.15) is 66.2 Å². The molecular weight excluding hydrogens is 222 g/mol. The molecule has 108 valence electrons. The maximum Gasteiger partial charge on any atom is 0.0580 e. The van der Waals surface area contributed by atoms with Gasteiger partial charge in [-0.3, -0.25) is 0 Å². The molecule has 2 heteroatoms. The van der Waals surface area contributed by atoms with Crippen molar-refractivity contribution in [2.75, 3.05) is 13.2 Å². The molecule has 0 aromatic carbocycles. The normalized spacial score (nSPS) is 25.2. The Hall–Kier alpha value is -0.0800. The van der Waals surface area contributed by atoms with Crippen LogP contribution < -0.4 is 5.32 Å². The summed E-state index contributed by atoms with van der Waals surface area (Å²) >= 11 is 0.